The number of fused-ring (bicyclic) bond motifs is 2. The standard InChI is InChI=1S/C25H24F2O3S/c1-14-7-17-13-29-25(12-19(28)8-15(2)30-25)22(17)10-16(14)9-20-4-6-24(31-20)21-5-3-18(26)11-23(21)27/h3-7,10-11,15,19,28H,8-9,12-13H2,1-2H3/t15?,19?,25-/m1/s1. The normalized spacial score (nSPS) is 25.2. The molecule has 3 aromatic rings. The highest BCUT2D eigenvalue weighted by atomic mass is 32.1. The average Bonchev–Trinajstić information content (AvgIpc) is 3.27. The average molecular weight is 443 g/mol. The first kappa shape index (κ1) is 20.8. The summed E-state index contributed by atoms with van der Waals surface area (Å²) in [5.74, 6) is -2.01. The van der Waals surface area contributed by atoms with E-state index in [0.29, 0.717) is 31.4 Å². The summed E-state index contributed by atoms with van der Waals surface area (Å²) in [5.41, 5.74) is 4.82. The van der Waals surface area contributed by atoms with Crippen LogP contribution < -0.4 is 0 Å². The second-order valence-corrected chi connectivity index (χ2v) is 9.73. The van der Waals surface area contributed by atoms with Gasteiger partial charge in [-0.25, -0.2) is 8.78 Å². The molecule has 6 heteroatoms. The van der Waals surface area contributed by atoms with Gasteiger partial charge in [-0.15, -0.1) is 11.3 Å². The van der Waals surface area contributed by atoms with Gasteiger partial charge in [0.2, 0.25) is 0 Å². The second kappa shape index (κ2) is 7.78. The van der Waals surface area contributed by atoms with Gasteiger partial charge in [-0.1, -0.05) is 6.07 Å². The molecule has 0 amide bonds. The minimum atomic E-state index is -0.882. The van der Waals surface area contributed by atoms with Gasteiger partial charge >= 0.3 is 0 Å². The van der Waals surface area contributed by atoms with E-state index in [1.165, 1.54) is 23.5 Å². The predicted octanol–water partition coefficient (Wildman–Crippen LogP) is 5.84. The van der Waals surface area contributed by atoms with Crippen LogP contribution >= 0.6 is 11.3 Å². The van der Waals surface area contributed by atoms with Crippen molar-refractivity contribution in [1.82, 2.24) is 0 Å². The molecule has 2 aromatic carbocycles. The molecule has 1 N–H and O–H groups in total. The number of hydrogen-bond donors (Lipinski definition) is 1. The summed E-state index contributed by atoms with van der Waals surface area (Å²) in [4.78, 5) is 1.87. The Bertz CT molecular complexity index is 1130. The fourth-order valence-corrected chi connectivity index (χ4v) is 5.77. The molecule has 5 rings (SSSR count). The number of rotatable bonds is 3. The van der Waals surface area contributed by atoms with Gasteiger partial charge in [0, 0.05) is 39.8 Å². The molecule has 3 heterocycles. The lowest BCUT2D eigenvalue weighted by atomic mass is 9.89. The molecule has 2 aliphatic rings. The van der Waals surface area contributed by atoms with Crippen LogP contribution in [-0.4, -0.2) is 17.3 Å². The molecule has 3 nitrogen and oxygen atoms in total. The monoisotopic (exact) mass is 442 g/mol. The number of aliphatic hydroxyl groups excluding tert-OH is 1. The first-order valence-corrected chi connectivity index (χ1v) is 11.3. The van der Waals surface area contributed by atoms with Gasteiger partial charge in [-0.2, -0.15) is 0 Å². The molecule has 0 bridgehead atoms. The van der Waals surface area contributed by atoms with E-state index < -0.39 is 23.5 Å². The zero-order valence-electron chi connectivity index (χ0n) is 17.5. The quantitative estimate of drug-likeness (QED) is 0.554. The van der Waals surface area contributed by atoms with E-state index in [1.54, 1.807) is 0 Å². The summed E-state index contributed by atoms with van der Waals surface area (Å²) < 4.78 is 39.7. The molecule has 31 heavy (non-hydrogen) atoms. The van der Waals surface area contributed by atoms with E-state index in [1.807, 2.05) is 19.1 Å². The van der Waals surface area contributed by atoms with Crippen molar-refractivity contribution in [3.63, 3.8) is 0 Å². The molecule has 1 aromatic heterocycles. The van der Waals surface area contributed by atoms with E-state index in [0.717, 1.165) is 38.1 Å². The van der Waals surface area contributed by atoms with Crippen LogP contribution in [0.5, 0.6) is 0 Å². The first-order chi connectivity index (χ1) is 14.8. The van der Waals surface area contributed by atoms with Crippen LogP contribution in [0.15, 0.2) is 42.5 Å². The van der Waals surface area contributed by atoms with Crippen LogP contribution in [0.25, 0.3) is 10.4 Å². The number of aryl methyl sites for hydroxylation is 1. The van der Waals surface area contributed by atoms with Crippen molar-refractivity contribution in [2.75, 3.05) is 0 Å². The van der Waals surface area contributed by atoms with Gasteiger partial charge in [0.05, 0.1) is 18.8 Å². The maximum atomic E-state index is 14.2. The minimum Gasteiger partial charge on any atom is -0.393 e. The second-order valence-electron chi connectivity index (χ2n) is 8.57. The Kier molecular flexibility index (Phi) is 5.21. The van der Waals surface area contributed by atoms with Crippen LogP contribution in [0, 0.1) is 18.6 Å². The van der Waals surface area contributed by atoms with Crippen molar-refractivity contribution in [2.24, 2.45) is 0 Å². The fraction of sp³-hybridized carbons (Fsp3) is 0.360. The topological polar surface area (TPSA) is 38.7 Å². The summed E-state index contributed by atoms with van der Waals surface area (Å²) in [6.07, 6.45) is 1.20. The van der Waals surface area contributed by atoms with Crippen molar-refractivity contribution in [1.29, 1.82) is 0 Å². The summed E-state index contributed by atoms with van der Waals surface area (Å²) >= 11 is 1.51. The molecular weight excluding hydrogens is 418 g/mol. The highest BCUT2D eigenvalue weighted by Crippen LogP contribution is 2.46. The molecule has 1 spiro atoms. The zero-order valence-corrected chi connectivity index (χ0v) is 18.3. The third-order valence-corrected chi connectivity index (χ3v) is 7.27. The van der Waals surface area contributed by atoms with Gasteiger partial charge in [-0.3, -0.25) is 0 Å². The molecule has 3 atom stereocenters. The number of halogens is 2. The molecule has 1 fully saturated rings. The maximum Gasteiger partial charge on any atom is 0.198 e. The Hall–Kier alpha value is -2.12. The highest BCUT2D eigenvalue weighted by molar-refractivity contribution is 7.15. The molecular formula is C25H24F2O3S. The van der Waals surface area contributed by atoms with Crippen LogP contribution in [0.4, 0.5) is 8.78 Å². The van der Waals surface area contributed by atoms with E-state index in [9.17, 15) is 13.9 Å². The third kappa shape index (κ3) is 3.82. The Morgan fingerprint density at radius 2 is 2.00 bits per heavy atom. The summed E-state index contributed by atoms with van der Waals surface area (Å²) in [6.45, 7) is 4.51. The molecule has 0 aliphatic carbocycles. The van der Waals surface area contributed by atoms with Gasteiger partial charge in [0.15, 0.2) is 5.79 Å². The molecule has 0 radical (unpaired) electrons. The van der Waals surface area contributed by atoms with E-state index in [4.69, 9.17) is 9.47 Å². The third-order valence-electron chi connectivity index (χ3n) is 6.16. The van der Waals surface area contributed by atoms with Crippen molar-refractivity contribution < 1.29 is 23.4 Å². The summed E-state index contributed by atoms with van der Waals surface area (Å²) in [6, 6.07) is 11.8. The van der Waals surface area contributed by atoms with Crippen LogP contribution in [0.2, 0.25) is 0 Å². The number of aliphatic hydroxyl groups is 1. The Balaban J connectivity index is 1.45. The van der Waals surface area contributed by atoms with Crippen LogP contribution in [-0.2, 0) is 28.3 Å². The van der Waals surface area contributed by atoms with E-state index in [2.05, 4.69) is 19.1 Å². The van der Waals surface area contributed by atoms with E-state index in [-0.39, 0.29) is 6.10 Å². The van der Waals surface area contributed by atoms with Crippen LogP contribution in [0.1, 0.15) is 46.9 Å². The van der Waals surface area contributed by atoms with Crippen molar-refractivity contribution in [2.45, 2.75) is 57.7 Å². The Labute approximate surface area is 184 Å². The van der Waals surface area contributed by atoms with E-state index >= 15 is 0 Å². The van der Waals surface area contributed by atoms with Gasteiger partial charge in [-0.05, 0) is 67.3 Å². The lowest BCUT2D eigenvalue weighted by molar-refractivity contribution is -0.295. The number of ether oxygens (including phenoxy) is 2. The lowest BCUT2D eigenvalue weighted by Crippen LogP contribution is -2.43. The van der Waals surface area contributed by atoms with Gasteiger partial charge in [0.25, 0.3) is 0 Å². The Morgan fingerprint density at radius 1 is 1.16 bits per heavy atom. The molecule has 0 saturated carbocycles. The minimum absolute atomic E-state index is 0.0788. The molecule has 2 unspecified atom stereocenters. The largest absolute Gasteiger partial charge is 0.393 e. The van der Waals surface area contributed by atoms with Gasteiger partial charge < -0.3 is 14.6 Å². The van der Waals surface area contributed by atoms with Crippen molar-refractivity contribution >= 4 is 11.3 Å². The highest BCUT2D eigenvalue weighted by Gasteiger charge is 2.47. The number of benzene rings is 2. The smallest absolute Gasteiger partial charge is 0.198 e. The number of hydrogen-bond acceptors (Lipinski definition) is 4. The SMILES string of the molecule is Cc1cc2c(cc1Cc1ccc(-c3ccc(F)cc3F)s1)[C@]1(CC(O)CC(C)O1)OC2. The van der Waals surface area contributed by atoms with Crippen LogP contribution in [0.3, 0.4) is 0 Å². The Morgan fingerprint density at radius 3 is 2.77 bits per heavy atom. The van der Waals surface area contributed by atoms with Crippen molar-refractivity contribution in [3.05, 3.63) is 81.2 Å². The van der Waals surface area contributed by atoms with Crippen molar-refractivity contribution in [3.8, 4) is 10.4 Å². The summed E-state index contributed by atoms with van der Waals surface area (Å²) in [7, 11) is 0. The predicted molar refractivity (Wildman–Crippen MR) is 116 cm³/mol. The first-order valence-electron chi connectivity index (χ1n) is 10.5. The zero-order chi connectivity index (χ0) is 21.8. The maximum absolute atomic E-state index is 14.2. The lowest BCUT2D eigenvalue weighted by Gasteiger charge is -2.39. The molecule has 162 valence electrons. The number of thiophene rings is 1. The molecule has 1 saturated heterocycles. The molecule has 2 aliphatic heterocycles. The fourth-order valence-electron chi connectivity index (χ4n) is 4.71. The summed E-state index contributed by atoms with van der Waals surface area (Å²) in [5, 5.41) is 10.3. The van der Waals surface area contributed by atoms with Gasteiger partial charge in [0.1, 0.15) is 11.6 Å².